The highest BCUT2D eigenvalue weighted by Gasteiger charge is 2.21. The lowest BCUT2D eigenvalue weighted by Crippen LogP contribution is -2.48. The van der Waals surface area contributed by atoms with E-state index in [-0.39, 0.29) is 12.5 Å². The Morgan fingerprint density at radius 3 is 2.33 bits per heavy atom. The van der Waals surface area contributed by atoms with Gasteiger partial charge in [0.05, 0.1) is 7.11 Å². The number of carbonyl (C=O) groups is 1. The first kappa shape index (κ1) is 25.8. The number of aryl methyl sites for hydroxylation is 2. The topological polar surface area (TPSA) is 54.0 Å². The van der Waals surface area contributed by atoms with Gasteiger partial charge in [0.25, 0.3) is 5.91 Å². The van der Waals surface area contributed by atoms with E-state index in [0.29, 0.717) is 11.5 Å². The zero-order valence-electron chi connectivity index (χ0n) is 20.7. The number of piperazine rings is 1. The molecule has 36 heavy (non-hydrogen) atoms. The zero-order chi connectivity index (χ0) is 25.7. The van der Waals surface area contributed by atoms with Crippen LogP contribution in [0, 0.1) is 13.8 Å². The molecule has 1 heterocycles. The second-order valence-electron chi connectivity index (χ2n) is 8.73. The molecule has 1 fully saturated rings. The van der Waals surface area contributed by atoms with Crippen LogP contribution in [0.25, 0.3) is 0 Å². The van der Waals surface area contributed by atoms with Crippen molar-refractivity contribution < 1.29 is 14.3 Å². The third kappa shape index (κ3) is 6.09. The van der Waals surface area contributed by atoms with Crippen molar-refractivity contribution in [2.45, 2.75) is 13.8 Å². The molecule has 3 aromatic carbocycles. The number of thiocarbonyl (C=S) groups is 1. The largest absolute Gasteiger partial charge is 0.493 e. The minimum absolute atomic E-state index is 0.126. The van der Waals surface area contributed by atoms with E-state index in [2.05, 4.69) is 21.2 Å². The summed E-state index contributed by atoms with van der Waals surface area (Å²) in [5.41, 5.74) is 4.83. The number of para-hydroxylation sites is 1. The molecule has 0 aliphatic carbocycles. The fourth-order valence-corrected chi connectivity index (χ4v) is 4.77. The molecule has 0 saturated carbocycles. The van der Waals surface area contributed by atoms with E-state index in [1.165, 1.54) is 0 Å². The number of carbonyl (C=O) groups excluding carboxylic acids is 1. The van der Waals surface area contributed by atoms with Gasteiger partial charge < -0.3 is 24.6 Å². The standard InChI is InChI=1S/C28H30ClN3O3S/c1-19-6-4-7-20(2)27(19)30-26(33)18-35-24-11-10-21(16-25(24)34-3)28(36)32-14-12-31(13-15-32)23-9-5-8-22(29)17-23/h4-11,16-17H,12-15,18H2,1-3H3,(H,30,33). The van der Waals surface area contributed by atoms with Gasteiger partial charge in [0.15, 0.2) is 18.1 Å². The number of amides is 1. The maximum atomic E-state index is 12.5. The van der Waals surface area contributed by atoms with Gasteiger partial charge in [-0.25, -0.2) is 0 Å². The highest BCUT2D eigenvalue weighted by Crippen LogP contribution is 2.29. The molecule has 0 spiro atoms. The van der Waals surface area contributed by atoms with Crippen LogP contribution in [0.5, 0.6) is 11.5 Å². The van der Waals surface area contributed by atoms with Crippen LogP contribution in [0.2, 0.25) is 5.02 Å². The van der Waals surface area contributed by atoms with Gasteiger partial charge in [-0.15, -0.1) is 0 Å². The number of nitrogens with one attached hydrogen (secondary N) is 1. The van der Waals surface area contributed by atoms with Crippen LogP contribution >= 0.6 is 23.8 Å². The number of benzene rings is 3. The molecular formula is C28H30ClN3O3S. The molecule has 0 radical (unpaired) electrons. The molecular weight excluding hydrogens is 494 g/mol. The SMILES string of the molecule is COc1cc(C(=S)N2CCN(c3cccc(Cl)c3)CC2)ccc1OCC(=O)Nc1c(C)cccc1C. The Morgan fingerprint density at radius 1 is 0.972 bits per heavy atom. The van der Waals surface area contributed by atoms with E-state index in [4.69, 9.17) is 33.3 Å². The predicted octanol–water partition coefficient (Wildman–Crippen LogP) is 5.48. The van der Waals surface area contributed by atoms with Gasteiger partial charge in [-0.05, 0) is 61.4 Å². The Bertz CT molecular complexity index is 1240. The molecule has 1 aliphatic heterocycles. The molecule has 0 aromatic heterocycles. The van der Waals surface area contributed by atoms with Gasteiger partial charge in [-0.2, -0.15) is 0 Å². The number of anilines is 2. The van der Waals surface area contributed by atoms with Gasteiger partial charge in [0.2, 0.25) is 0 Å². The zero-order valence-corrected chi connectivity index (χ0v) is 22.3. The van der Waals surface area contributed by atoms with E-state index in [0.717, 1.165) is 64.3 Å². The first-order chi connectivity index (χ1) is 17.4. The highest BCUT2D eigenvalue weighted by atomic mass is 35.5. The average Bonchev–Trinajstić information content (AvgIpc) is 2.89. The predicted molar refractivity (Wildman–Crippen MR) is 150 cm³/mol. The minimum atomic E-state index is -0.230. The second-order valence-corrected chi connectivity index (χ2v) is 9.55. The Balaban J connectivity index is 1.35. The van der Waals surface area contributed by atoms with Gasteiger partial charge in [-0.3, -0.25) is 4.79 Å². The first-order valence-corrected chi connectivity index (χ1v) is 12.6. The lowest BCUT2D eigenvalue weighted by molar-refractivity contribution is -0.118. The number of hydrogen-bond acceptors (Lipinski definition) is 5. The van der Waals surface area contributed by atoms with Gasteiger partial charge >= 0.3 is 0 Å². The molecule has 8 heteroatoms. The normalized spacial score (nSPS) is 13.3. The summed E-state index contributed by atoms with van der Waals surface area (Å²) in [5.74, 6) is 0.797. The summed E-state index contributed by atoms with van der Waals surface area (Å²) in [7, 11) is 1.58. The van der Waals surface area contributed by atoms with Gasteiger partial charge in [0, 0.05) is 48.1 Å². The van der Waals surface area contributed by atoms with Crippen molar-refractivity contribution in [3.8, 4) is 11.5 Å². The minimum Gasteiger partial charge on any atom is -0.493 e. The summed E-state index contributed by atoms with van der Waals surface area (Å²) in [6, 6.07) is 19.4. The molecule has 188 valence electrons. The van der Waals surface area contributed by atoms with Crippen molar-refractivity contribution in [3.63, 3.8) is 0 Å². The van der Waals surface area contributed by atoms with Crippen molar-refractivity contribution in [3.05, 3.63) is 82.4 Å². The number of ether oxygens (including phenoxy) is 2. The van der Waals surface area contributed by atoms with Crippen molar-refractivity contribution in [1.29, 1.82) is 0 Å². The van der Waals surface area contributed by atoms with Crippen LogP contribution in [0.4, 0.5) is 11.4 Å². The van der Waals surface area contributed by atoms with E-state index < -0.39 is 0 Å². The number of rotatable bonds is 7. The highest BCUT2D eigenvalue weighted by molar-refractivity contribution is 7.80. The Hall–Kier alpha value is -3.29. The molecule has 4 rings (SSSR count). The summed E-state index contributed by atoms with van der Waals surface area (Å²) >= 11 is 11.9. The molecule has 1 amide bonds. The molecule has 3 aromatic rings. The third-order valence-electron chi connectivity index (χ3n) is 6.26. The van der Waals surface area contributed by atoms with E-state index in [1.54, 1.807) is 13.2 Å². The van der Waals surface area contributed by atoms with E-state index >= 15 is 0 Å². The summed E-state index contributed by atoms with van der Waals surface area (Å²) in [4.78, 5) is 17.8. The summed E-state index contributed by atoms with van der Waals surface area (Å²) in [5, 5.41) is 3.67. The van der Waals surface area contributed by atoms with Crippen molar-refractivity contribution in [2.75, 3.05) is 50.1 Å². The molecule has 0 bridgehead atoms. The summed E-state index contributed by atoms with van der Waals surface area (Å²) < 4.78 is 11.3. The van der Waals surface area contributed by atoms with Crippen molar-refractivity contribution in [1.82, 2.24) is 4.90 Å². The Morgan fingerprint density at radius 2 is 1.67 bits per heavy atom. The molecule has 1 saturated heterocycles. The van der Waals surface area contributed by atoms with Crippen LogP contribution < -0.4 is 19.7 Å². The molecule has 1 aliphatic rings. The molecule has 6 nitrogen and oxygen atoms in total. The maximum Gasteiger partial charge on any atom is 0.262 e. The quantitative estimate of drug-likeness (QED) is 0.414. The van der Waals surface area contributed by atoms with Crippen LogP contribution in [0.15, 0.2) is 60.7 Å². The molecule has 0 unspecified atom stereocenters. The fraction of sp³-hybridized carbons (Fsp3) is 0.286. The van der Waals surface area contributed by atoms with E-state index in [9.17, 15) is 4.79 Å². The summed E-state index contributed by atoms with van der Waals surface area (Å²) in [6.07, 6.45) is 0. The van der Waals surface area contributed by atoms with Crippen LogP contribution in [-0.4, -0.2) is 55.7 Å². The smallest absolute Gasteiger partial charge is 0.262 e. The second kappa shape index (κ2) is 11.6. The van der Waals surface area contributed by atoms with Crippen LogP contribution in [-0.2, 0) is 4.79 Å². The molecule has 1 N–H and O–H groups in total. The fourth-order valence-electron chi connectivity index (χ4n) is 4.27. The third-order valence-corrected chi connectivity index (χ3v) is 6.98. The van der Waals surface area contributed by atoms with E-state index in [1.807, 2.05) is 62.4 Å². The number of hydrogen-bond donors (Lipinski definition) is 1. The lowest BCUT2D eigenvalue weighted by atomic mass is 10.1. The Labute approximate surface area is 222 Å². The van der Waals surface area contributed by atoms with Crippen molar-refractivity contribution >= 4 is 46.1 Å². The number of methoxy groups -OCH3 is 1. The van der Waals surface area contributed by atoms with Gasteiger partial charge in [0.1, 0.15) is 4.99 Å². The lowest BCUT2D eigenvalue weighted by Gasteiger charge is -2.37. The average molecular weight is 524 g/mol. The first-order valence-electron chi connectivity index (χ1n) is 11.8. The number of halogens is 1. The monoisotopic (exact) mass is 523 g/mol. The number of nitrogens with zero attached hydrogens (tertiary/aromatic N) is 2. The molecule has 0 atom stereocenters. The van der Waals surface area contributed by atoms with Crippen molar-refractivity contribution in [2.24, 2.45) is 0 Å². The summed E-state index contributed by atoms with van der Waals surface area (Å²) in [6.45, 7) is 7.13. The van der Waals surface area contributed by atoms with Crippen LogP contribution in [0.1, 0.15) is 16.7 Å². The van der Waals surface area contributed by atoms with Crippen LogP contribution in [0.3, 0.4) is 0 Å². The maximum absolute atomic E-state index is 12.5. The Kier molecular flexibility index (Phi) is 8.33. The van der Waals surface area contributed by atoms with Gasteiger partial charge in [-0.1, -0.05) is 48.1 Å².